The molecular formula is C23H37N2O4+. The zero-order chi connectivity index (χ0) is 21.6. The lowest BCUT2D eigenvalue weighted by atomic mass is 10.1. The van der Waals surface area contributed by atoms with E-state index in [2.05, 4.69) is 18.7 Å². The van der Waals surface area contributed by atoms with E-state index in [0.717, 1.165) is 55.6 Å². The van der Waals surface area contributed by atoms with Gasteiger partial charge >= 0.3 is 5.97 Å². The predicted molar refractivity (Wildman–Crippen MR) is 116 cm³/mol. The second-order valence-corrected chi connectivity index (χ2v) is 7.79. The van der Waals surface area contributed by atoms with Crippen molar-refractivity contribution in [1.29, 1.82) is 0 Å². The number of aliphatic carboxylic acids is 1. The number of aliphatic hydroxyl groups excluding tert-OH is 1. The molecule has 162 valence electrons. The van der Waals surface area contributed by atoms with Gasteiger partial charge in [-0.1, -0.05) is 37.6 Å². The molecular weight excluding hydrogens is 368 g/mol. The number of ether oxygens (including phenoxy) is 1. The number of carboxylic acid groups (broad SMARTS) is 1. The highest BCUT2D eigenvalue weighted by molar-refractivity contribution is 5.66. The minimum absolute atomic E-state index is 0.0201. The molecule has 0 bridgehead atoms. The van der Waals surface area contributed by atoms with Crippen molar-refractivity contribution in [2.75, 3.05) is 19.7 Å². The first-order valence-electron chi connectivity index (χ1n) is 10.6. The maximum absolute atomic E-state index is 10.8. The zero-order valence-corrected chi connectivity index (χ0v) is 18.1. The van der Waals surface area contributed by atoms with Crippen LogP contribution in [0.15, 0.2) is 18.2 Å². The first-order valence-corrected chi connectivity index (χ1v) is 10.6. The summed E-state index contributed by atoms with van der Waals surface area (Å²) < 4.78 is 5.90. The molecule has 2 atom stereocenters. The van der Waals surface area contributed by atoms with Gasteiger partial charge in [-0.05, 0) is 49.8 Å². The summed E-state index contributed by atoms with van der Waals surface area (Å²) in [5.74, 6) is 0.252. The number of unbranched alkanes of at least 4 members (excludes halogenated alkanes) is 2. The molecule has 0 aromatic heterocycles. The van der Waals surface area contributed by atoms with Crippen LogP contribution in [0.1, 0.15) is 63.5 Å². The molecule has 0 spiro atoms. The highest BCUT2D eigenvalue weighted by Crippen LogP contribution is 2.19. The van der Waals surface area contributed by atoms with E-state index in [-0.39, 0.29) is 12.8 Å². The van der Waals surface area contributed by atoms with E-state index >= 15 is 0 Å². The van der Waals surface area contributed by atoms with Crippen molar-refractivity contribution in [3.8, 4) is 12.3 Å². The largest absolute Gasteiger partial charge is 0.494 e. The number of carboxylic acids is 1. The van der Waals surface area contributed by atoms with Crippen LogP contribution in [-0.2, 0) is 11.3 Å². The summed E-state index contributed by atoms with van der Waals surface area (Å²) in [4.78, 5) is 16.5. The zero-order valence-electron chi connectivity index (χ0n) is 18.1. The van der Waals surface area contributed by atoms with Gasteiger partial charge in [0.25, 0.3) is 13.1 Å². The summed E-state index contributed by atoms with van der Waals surface area (Å²) in [7, 11) is 0. The molecule has 1 rings (SSSR count). The maximum Gasteiger partial charge on any atom is 0.303 e. The van der Waals surface area contributed by atoms with Crippen LogP contribution >= 0.6 is 0 Å². The lowest BCUT2D eigenvalue weighted by Crippen LogP contribution is -2.39. The van der Waals surface area contributed by atoms with Gasteiger partial charge in [0.05, 0.1) is 6.61 Å². The predicted octanol–water partition coefficient (Wildman–Crippen LogP) is 4.54. The lowest BCUT2D eigenvalue weighted by Gasteiger charge is -2.30. The monoisotopic (exact) mass is 405 g/mol. The molecule has 0 heterocycles. The van der Waals surface area contributed by atoms with Crippen molar-refractivity contribution >= 4 is 5.97 Å². The summed E-state index contributed by atoms with van der Waals surface area (Å²) in [5, 5.41) is 19.3. The van der Waals surface area contributed by atoms with E-state index in [1.807, 2.05) is 30.0 Å². The molecule has 1 aromatic carbocycles. The molecule has 0 aliphatic rings. The topological polar surface area (TPSA) is 74.4 Å². The molecule has 2 N–H and O–H groups in total. The van der Waals surface area contributed by atoms with Crippen LogP contribution < -0.4 is 4.74 Å². The average Bonchev–Trinajstić information content (AvgIpc) is 2.68. The van der Waals surface area contributed by atoms with Crippen molar-refractivity contribution in [2.24, 2.45) is 5.92 Å². The van der Waals surface area contributed by atoms with Gasteiger partial charge in [0.15, 0.2) is 0 Å². The van der Waals surface area contributed by atoms with Crippen molar-refractivity contribution in [3.63, 3.8) is 0 Å². The van der Waals surface area contributed by atoms with Crippen LogP contribution in [0.2, 0.25) is 0 Å². The van der Waals surface area contributed by atoms with E-state index in [0.29, 0.717) is 19.1 Å². The molecule has 0 aliphatic carbocycles. The van der Waals surface area contributed by atoms with Crippen LogP contribution in [0.4, 0.5) is 0 Å². The van der Waals surface area contributed by atoms with Crippen LogP contribution in [-0.4, -0.2) is 47.0 Å². The van der Waals surface area contributed by atoms with Crippen molar-refractivity contribution < 1.29 is 19.7 Å². The molecule has 2 unspecified atom stereocenters. The third-order valence-corrected chi connectivity index (χ3v) is 5.09. The van der Waals surface area contributed by atoms with Gasteiger partial charge in [-0.15, -0.1) is 0 Å². The Morgan fingerprint density at radius 2 is 2.07 bits per heavy atom. The Labute approximate surface area is 175 Å². The highest BCUT2D eigenvalue weighted by Gasteiger charge is 2.19. The molecule has 0 amide bonds. The SMILES string of the molecule is C#[N+]Cc1cc(OCCC(C)CN(CCCCC)C(O)CCC(=O)O)ccc1C. The van der Waals surface area contributed by atoms with Crippen molar-refractivity contribution in [1.82, 2.24) is 4.90 Å². The number of rotatable bonds is 15. The number of carbonyl (C=O) groups is 1. The molecule has 0 saturated heterocycles. The molecule has 6 heteroatoms. The molecule has 29 heavy (non-hydrogen) atoms. The van der Waals surface area contributed by atoms with Gasteiger partial charge in [-0.3, -0.25) is 9.69 Å². The third kappa shape index (κ3) is 10.3. The smallest absolute Gasteiger partial charge is 0.303 e. The normalized spacial score (nSPS) is 13.1. The summed E-state index contributed by atoms with van der Waals surface area (Å²) in [6.45, 7) is 14.2. The summed E-state index contributed by atoms with van der Waals surface area (Å²) in [5.41, 5.74) is 2.19. The fraction of sp³-hybridized carbons (Fsp3) is 0.652. The van der Waals surface area contributed by atoms with E-state index in [9.17, 15) is 9.90 Å². The molecule has 6 nitrogen and oxygen atoms in total. The first kappa shape index (κ1) is 24.9. The number of nitrogens with zero attached hydrogens (tertiary/aromatic N) is 2. The Hall–Kier alpha value is -2.10. The molecule has 1 aromatic rings. The van der Waals surface area contributed by atoms with Gasteiger partial charge in [-0.2, -0.15) is 0 Å². The van der Waals surface area contributed by atoms with Crippen LogP contribution in [0.5, 0.6) is 5.75 Å². The minimum atomic E-state index is -0.876. The Bertz CT molecular complexity index is 657. The first-order chi connectivity index (χ1) is 13.9. The molecule has 0 saturated carbocycles. The second kappa shape index (κ2) is 14.0. The Morgan fingerprint density at radius 1 is 1.31 bits per heavy atom. The van der Waals surface area contributed by atoms with Gasteiger partial charge in [0, 0.05) is 25.1 Å². The minimum Gasteiger partial charge on any atom is -0.494 e. The third-order valence-electron chi connectivity index (χ3n) is 5.09. The van der Waals surface area contributed by atoms with Crippen molar-refractivity contribution in [2.45, 2.75) is 72.1 Å². The van der Waals surface area contributed by atoms with E-state index in [1.165, 1.54) is 0 Å². The Kier molecular flexibility index (Phi) is 12.0. The van der Waals surface area contributed by atoms with E-state index in [1.54, 1.807) is 0 Å². The van der Waals surface area contributed by atoms with E-state index < -0.39 is 12.2 Å². The molecule has 0 radical (unpaired) electrons. The van der Waals surface area contributed by atoms with Crippen LogP contribution in [0, 0.1) is 19.4 Å². The number of hydrogen-bond acceptors (Lipinski definition) is 4. The Balaban J connectivity index is 2.52. The standard InChI is InChI=1S/C23H36N2O4/c1-5-6-7-13-25(22(26)10-11-23(27)28)17-18(2)12-14-29-21-9-8-19(3)20(15-21)16-24-4/h4,8-9,15,18,22,26H,5-7,10-14,16-17H2,1-3H3/p+1. The van der Waals surface area contributed by atoms with Gasteiger partial charge in [-0.25, -0.2) is 0 Å². The molecule has 0 fully saturated rings. The van der Waals surface area contributed by atoms with Crippen LogP contribution in [0.25, 0.3) is 4.85 Å². The van der Waals surface area contributed by atoms with E-state index in [4.69, 9.17) is 16.4 Å². The summed E-state index contributed by atoms with van der Waals surface area (Å²) >= 11 is 0. The fourth-order valence-corrected chi connectivity index (χ4v) is 3.24. The summed E-state index contributed by atoms with van der Waals surface area (Å²) in [6.07, 6.45) is 3.58. The second-order valence-electron chi connectivity index (χ2n) is 7.79. The van der Waals surface area contributed by atoms with Gasteiger partial charge in [0.1, 0.15) is 12.0 Å². The highest BCUT2D eigenvalue weighted by atomic mass is 16.5. The molecule has 0 aliphatic heterocycles. The summed E-state index contributed by atoms with van der Waals surface area (Å²) in [6, 6.07) is 5.93. The number of aliphatic hydroxyl groups is 1. The average molecular weight is 406 g/mol. The Morgan fingerprint density at radius 3 is 2.72 bits per heavy atom. The maximum atomic E-state index is 10.8. The van der Waals surface area contributed by atoms with Crippen LogP contribution in [0.3, 0.4) is 0 Å². The quantitative estimate of drug-likeness (QED) is 0.331. The van der Waals surface area contributed by atoms with Gasteiger partial charge in [0.2, 0.25) is 0 Å². The number of benzene rings is 1. The fourth-order valence-electron chi connectivity index (χ4n) is 3.24. The van der Waals surface area contributed by atoms with Gasteiger partial charge < -0.3 is 14.9 Å². The number of aryl methyl sites for hydroxylation is 1. The van der Waals surface area contributed by atoms with Crippen molar-refractivity contribution in [3.05, 3.63) is 34.2 Å². The number of hydrogen-bond donors (Lipinski definition) is 2. The lowest BCUT2D eigenvalue weighted by molar-refractivity contribution is -0.138.